The molecule has 0 aliphatic carbocycles. The van der Waals surface area contributed by atoms with E-state index in [1.165, 1.54) is 18.6 Å². The fraction of sp³-hybridized carbons (Fsp3) is 0.118. The highest BCUT2D eigenvalue weighted by Crippen LogP contribution is 2.12. The van der Waals surface area contributed by atoms with E-state index >= 15 is 0 Å². The highest BCUT2D eigenvalue weighted by Gasteiger charge is 2.15. The first-order valence-electron chi connectivity index (χ1n) is 7.37. The molecule has 0 radical (unpaired) electrons. The number of nitrogens with zero attached hydrogens (tertiary/aromatic N) is 1. The van der Waals surface area contributed by atoms with E-state index in [0.29, 0.717) is 6.54 Å². The number of hydrogen-bond acceptors (Lipinski definition) is 6. The SMILES string of the molecule is COc1ccc(CNC(=O)c2coc(NC(=O)c3ccco3)n2)cc1. The predicted molar refractivity (Wildman–Crippen MR) is 87.3 cm³/mol. The molecule has 2 N–H and O–H groups in total. The zero-order valence-corrected chi connectivity index (χ0v) is 13.3. The number of rotatable bonds is 6. The maximum Gasteiger partial charge on any atom is 0.302 e. The van der Waals surface area contributed by atoms with Crippen molar-refractivity contribution < 1.29 is 23.2 Å². The number of aromatic nitrogens is 1. The Bertz CT molecular complexity index is 853. The number of carbonyl (C=O) groups excluding carboxylic acids is 2. The minimum atomic E-state index is -0.517. The van der Waals surface area contributed by atoms with Crippen molar-refractivity contribution in [2.75, 3.05) is 12.4 Å². The second kappa shape index (κ2) is 7.35. The fourth-order valence-corrected chi connectivity index (χ4v) is 2.02. The highest BCUT2D eigenvalue weighted by atomic mass is 16.5. The lowest BCUT2D eigenvalue weighted by atomic mass is 10.2. The Balaban J connectivity index is 1.55. The first kappa shape index (κ1) is 16.3. The number of nitrogens with one attached hydrogen (secondary N) is 2. The van der Waals surface area contributed by atoms with Crippen LogP contribution in [0, 0.1) is 0 Å². The van der Waals surface area contributed by atoms with Gasteiger partial charge in [0, 0.05) is 6.54 Å². The normalized spacial score (nSPS) is 10.3. The van der Waals surface area contributed by atoms with Gasteiger partial charge < -0.3 is 18.9 Å². The summed E-state index contributed by atoms with van der Waals surface area (Å²) >= 11 is 0. The summed E-state index contributed by atoms with van der Waals surface area (Å²) in [6, 6.07) is 10.3. The van der Waals surface area contributed by atoms with E-state index in [1.807, 2.05) is 12.1 Å². The summed E-state index contributed by atoms with van der Waals surface area (Å²) in [4.78, 5) is 27.8. The predicted octanol–water partition coefficient (Wildman–Crippen LogP) is 2.46. The average molecular weight is 341 g/mol. The summed E-state index contributed by atoms with van der Waals surface area (Å²) in [5.41, 5.74) is 0.965. The van der Waals surface area contributed by atoms with Crippen molar-refractivity contribution in [1.82, 2.24) is 10.3 Å². The van der Waals surface area contributed by atoms with Crippen molar-refractivity contribution in [1.29, 1.82) is 0 Å². The molecule has 25 heavy (non-hydrogen) atoms. The summed E-state index contributed by atoms with van der Waals surface area (Å²) in [6.45, 7) is 0.323. The third kappa shape index (κ3) is 4.05. The van der Waals surface area contributed by atoms with Gasteiger partial charge in [0.1, 0.15) is 12.0 Å². The molecule has 8 heteroatoms. The van der Waals surface area contributed by atoms with Crippen LogP contribution in [-0.4, -0.2) is 23.9 Å². The van der Waals surface area contributed by atoms with Crippen LogP contribution in [0.1, 0.15) is 26.6 Å². The highest BCUT2D eigenvalue weighted by molar-refractivity contribution is 6.01. The third-order valence-electron chi connectivity index (χ3n) is 3.31. The lowest BCUT2D eigenvalue weighted by Gasteiger charge is -2.04. The number of benzene rings is 1. The fourth-order valence-electron chi connectivity index (χ4n) is 2.02. The Morgan fingerprint density at radius 2 is 1.92 bits per heavy atom. The van der Waals surface area contributed by atoms with E-state index in [4.69, 9.17) is 13.6 Å². The molecule has 0 fully saturated rings. The molecule has 0 spiro atoms. The number of carbonyl (C=O) groups is 2. The van der Waals surface area contributed by atoms with Crippen LogP contribution >= 0.6 is 0 Å². The van der Waals surface area contributed by atoms with Gasteiger partial charge in [-0.3, -0.25) is 14.9 Å². The summed E-state index contributed by atoms with van der Waals surface area (Å²) < 4.78 is 15.1. The van der Waals surface area contributed by atoms with Gasteiger partial charge in [0.25, 0.3) is 11.8 Å². The van der Waals surface area contributed by atoms with Gasteiger partial charge >= 0.3 is 6.01 Å². The van der Waals surface area contributed by atoms with Crippen LogP contribution in [0.5, 0.6) is 5.75 Å². The van der Waals surface area contributed by atoms with Crippen LogP contribution in [-0.2, 0) is 6.54 Å². The molecule has 0 atom stereocenters. The van der Waals surface area contributed by atoms with Gasteiger partial charge in [0.2, 0.25) is 0 Å². The van der Waals surface area contributed by atoms with Gasteiger partial charge in [-0.2, -0.15) is 4.98 Å². The number of hydrogen-bond donors (Lipinski definition) is 2. The topological polar surface area (TPSA) is 107 Å². The zero-order chi connectivity index (χ0) is 17.6. The number of ether oxygens (including phenoxy) is 1. The van der Waals surface area contributed by atoms with Crippen molar-refractivity contribution in [3.8, 4) is 5.75 Å². The van der Waals surface area contributed by atoms with Crippen LogP contribution in [0.3, 0.4) is 0 Å². The molecular formula is C17H15N3O5. The molecule has 0 aliphatic heterocycles. The number of oxazole rings is 1. The van der Waals surface area contributed by atoms with Gasteiger partial charge in [-0.15, -0.1) is 0 Å². The van der Waals surface area contributed by atoms with E-state index in [0.717, 1.165) is 11.3 Å². The molecule has 1 aromatic carbocycles. The van der Waals surface area contributed by atoms with E-state index in [1.54, 1.807) is 25.3 Å². The maximum absolute atomic E-state index is 12.1. The van der Waals surface area contributed by atoms with E-state index < -0.39 is 11.8 Å². The smallest absolute Gasteiger partial charge is 0.302 e. The molecule has 2 heterocycles. The lowest BCUT2D eigenvalue weighted by molar-refractivity contribution is 0.0944. The van der Waals surface area contributed by atoms with Crippen molar-refractivity contribution in [3.63, 3.8) is 0 Å². The monoisotopic (exact) mass is 341 g/mol. The van der Waals surface area contributed by atoms with Crippen molar-refractivity contribution in [3.05, 3.63) is 65.9 Å². The number of methoxy groups -OCH3 is 1. The largest absolute Gasteiger partial charge is 0.497 e. The summed E-state index contributed by atoms with van der Waals surface area (Å²) in [7, 11) is 1.59. The molecule has 0 saturated carbocycles. The minimum absolute atomic E-state index is 0.0586. The molecule has 0 aliphatic rings. The molecule has 8 nitrogen and oxygen atoms in total. The molecule has 2 amide bonds. The molecule has 0 bridgehead atoms. The zero-order valence-electron chi connectivity index (χ0n) is 13.3. The quantitative estimate of drug-likeness (QED) is 0.713. The molecule has 3 aromatic rings. The molecule has 2 aromatic heterocycles. The second-order valence-electron chi connectivity index (χ2n) is 5.00. The summed E-state index contributed by atoms with van der Waals surface area (Å²) in [5, 5.41) is 5.12. The van der Waals surface area contributed by atoms with Crippen molar-refractivity contribution >= 4 is 17.8 Å². The summed E-state index contributed by atoms with van der Waals surface area (Å²) in [5.74, 6) is -0.0812. The number of furan rings is 1. The second-order valence-corrected chi connectivity index (χ2v) is 5.00. The van der Waals surface area contributed by atoms with Crippen LogP contribution in [0.25, 0.3) is 0 Å². The Kier molecular flexibility index (Phi) is 4.79. The third-order valence-corrected chi connectivity index (χ3v) is 3.31. The van der Waals surface area contributed by atoms with Crippen LogP contribution in [0.4, 0.5) is 6.01 Å². The summed E-state index contributed by atoms with van der Waals surface area (Å²) in [6.07, 6.45) is 2.55. The minimum Gasteiger partial charge on any atom is -0.497 e. The Morgan fingerprint density at radius 1 is 1.12 bits per heavy atom. The van der Waals surface area contributed by atoms with E-state index in [-0.39, 0.29) is 17.5 Å². The molecule has 0 saturated heterocycles. The first-order valence-corrected chi connectivity index (χ1v) is 7.37. The van der Waals surface area contributed by atoms with Crippen LogP contribution < -0.4 is 15.4 Å². The first-order chi connectivity index (χ1) is 12.2. The Labute approximate surface area is 142 Å². The Morgan fingerprint density at radius 3 is 2.60 bits per heavy atom. The average Bonchev–Trinajstić information content (AvgIpc) is 3.32. The number of amides is 2. The number of anilines is 1. The Hall–Kier alpha value is -3.55. The van der Waals surface area contributed by atoms with Crippen molar-refractivity contribution in [2.45, 2.75) is 6.54 Å². The molecule has 3 rings (SSSR count). The maximum atomic E-state index is 12.1. The molecular weight excluding hydrogens is 326 g/mol. The molecule has 0 unspecified atom stereocenters. The lowest BCUT2D eigenvalue weighted by Crippen LogP contribution is -2.23. The van der Waals surface area contributed by atoms with E-state index in [9.17, 15) is 9.59 Å². The van der Waals surface area contributed by atoms with Crippen molar-refractivity contribution in [2.24, 2.45) is 0 Å². The van der Waals surface area contributed by atoms with Gasteiger partial charge in [-0.1, -0.05) is 12.1 Å². The van der Waals surface area contributed by atoms with Gasteiger partial charge in [0.15, 0.2) is 11.5 Å². The van der Waals surface area contributed by atoms with Gasteiger partial charge in [0.05, 0.1) is 13.4 Å². The van der Waals surface area contributed by atoms with Gasteiger partial charge in [-0.05, 0) is 29.8 Å². The molecule has 128 valence electrons. The van der Waals surface area contributed by atoms with Gasteiger partial charge in [-0.25, -0.2) is 0 Å². The van der Waals surface area contributed by atoms with E-state index in [2.05, 4.69) is 15.6 Å². The van der Waals surface area contributed by atoms with Crippen LogP contribution in [0.15, 0.2) is 57.8 Å². The standard InChI is InChI=1S/C17H15N3O5/c1-23-12-6-4-11(5-7-12)9-18-15(21)13-10-25-17(19-13)20-16(22)14-3-2-8-24-14/h2-8,10H,9H2,1H3,(H,18,21)(H,19,20,22). The van der Waals surface area contributed by atoms with Crippen LogP contribution in [0.2, 0.25) is 0 Å².